The van der Waals surface area contributed by atoms with Crippen LogP contribution in [0.4, 0.5) is 0 Å². The molecule has 68 valence electrons. The average Bonchev–Trinajstić information content (AvgIpc) is 2.25. The van der Waals surface area contributed by atoms with Gasteiger partial charge in [-0.15, -0.1) is 0 Å². The Labute approximate surface area is 75.7 Å². The van der Waals surface area contributed by atoms with Crippen molar-refractivity contribution in [2.45, 2.75) is 32.9 Å². The first kappa shape index (κ1) is 10.1. The highest BCUT2D eigenvalue weighted by Gasteiger charge is 2.39. The molecule has 0 saturated carbocycles. The Morgan fingerprint density at radius 3 is 2.33 bits per heavy atom. The van der Waals surface area contributed by atoms with Crippen LogP contribution >= 0.6 is 0 Å². The number of hydrogen-bond acceptors (Lipinski definition) is 2. The summed E-state index contributed by atoms with van der Waals surface area (Å²) in [5.41, 5.74) is 0. The quantitative estimate of drug-likeness (QED) is 0.617. The summed E-state index contributed by atoms with van der Waals surface area (Å²) in [5, 5.41) is 8.97. The second-order valence-corrected chi connectivity index (χ2v) is 4.00. The van der Waals surface area contributed by atoms with Crippen LogP contribution in [-0.2, 0) is 4.74 Å². The first-order valence-electron chi connectivity index (χ1n) is 4.59. The van der Waals surface area contributed by atoms with E-state index in [1.165, 1.54) is 0 Å². The van der Waals surface area contributed by atoms with E-state index in [0.717, 1.165) is 0 Å². The normalized spacial score (nSPS) is 42.4. The van der Waals surface area contributed by atoms with E-state index in [2.05, 4.69) is 20.8 Å². The maximum atomic E-state index is 8.97. The molecule has 0 aromatic rings. The van der Waals surface area contributed by atoms with Crippen LogP contribution in [-0.4, -0.2) is 31.7 Å². The van der Waals surface area contributed by atoms with E-state index < -0.39 is 0 Å². The molecule has 1 heterocycles. The van der Waals surface area contributed by atoms with Gasteiger partial charge in [0, 0.05) is 6.00 Å². The van der Waals surface area contributed by atoms with Crippen LogP contribution in [0.3, 0.4) is 0 Å². The van der Waals surface area contributed by atoms with Gasteiger partial charge in [0.2, 0.25) is 0 Å². The first-order valence-corrected chi connectivity index (χ1v) is 4.59. The van der Waals surface area contributed by atoms with Crippen molar-refractivity contribution in [2.24, 2.45) is 17.8 Å². The minimum atomic E-state index is -0.197. The molecule has 0 aromatic carbocycles. The molecule has 1 fully saturated rings. The lowest BCUT2D eigenvalue weighted by atomic mass is 9.74. The lowest BCUT2D eigenvalue weighted by Crippen LogP contribution is -2.25. The molecule has 0 amide bonds. The maximum Gasteiger partial charge on any atom is 0.109 e. The number of rotatable bonds is 2. The molecule has 3 heteroatoms. The van der Waals surface area contributed by atoms with Crippen LogP contribution in [0.1, 0.15) is 20.8 Å². The molecule has 4 atom stereocenters. The van der Waals surface area contributed by atoms with Crippen molar-refractivity contribution in [2.75, 3.05) is 6.61 Å². The SMILES string of the molecule is [B][C@@H]1O[C@H](CO)[C@@H](C)[C@H]1C(C)C. The van der Waals surface area contributed by atoms with Gasteiger partial charge in [0.15, 0.2) is 0 Å². The fourth-order valence-electron chi connectivity index (χ4n) is 2.16. The Kier molecular flexibility index (Phi) is 3.19. The van der Waals surface area contributed by atoms with Gasteiger partial charge in [-0.05, 0) is 17.8 Å². The summed E-state index contributed by atoms with van der Waals surface area (Å²) in [6.45, 7) is 6.46. The summed E-state index contributed by atoms with van der Waals surface area (Å²) >= 11 is 0. The summed E-state index contributed by atoms with van der Waals surface area (Å²) < 4.78 is 5.42. The minimum absolute atomic E-state index is 0.0626. The first-order chi connectivity index (χ1) is 5.57. The Bertz CT molecular complexity index is 149. The Hall–Kier alpha value is -0.0151. The van der Waals surface area contributed by atoms with Crippen LogP contribution in [0.2, 0.25) is 0 Å². The third-order valence-corrected chi connectivity index (χ3v) is 2.85. The van der Waals surface area contributed by atoms with Crippen molar-refractivity contribution in [1.82, 2.24) is 0 Å². The molecule has 1 aliphatic heterocycles. The van der Waals surface area contributed by atoms with Crippen molar-refractivity contribution < 1.29 is 9.84 Å². The van der Waals surface area contributed by atoms with Crippen LogP contribution in [0.5, 0.6) is 0 Å². The van der Waals surface area contributed by atoms with E-state index in [1.54, 1.807) is 0 Å². The standard InChI is InChI=1S/C9H17BO2/c1-5(2)8-6(3)7(4-11)12-9(8)10/h5-9,11H,4H2,1-3H3/t6-,7-,8-,9-/m1/s1. The van der Waals surface area contributed by atoms with E-state index in [4.69, 9.17) is 17.7 Å². The zero-order chi connectivity index (χ0) is 9.30. The second-order valence-electron chi connectivity index (χ2n) is 4.00. The van der Waals surface area contributed by atoms with Crippen LogP contribution in [0.25, 0.3) is 0 Å². The molecule has 1 saturated heterocycles. The molecule has 0 aromatic heterocycles. The largest absolute Gasteiger partial charge is 0.394 e. The van der Waals surface area contributed by atoms with E-state index >= 15 is 0 Å². The van der Waals surface area contributed by atoms with Gasteiger partial charge in [-0.3, -0.25) is 0 Å². The summed E-state index contributed by atoms with van der Waals surface area (Å²) in [6, 6.07) is -0.197. The molecule has 0 aliphatic carbocycles. The average molecular weight is 168 g/mol. The highest BCUT2D eigenvalue weighted by Crippen LogP contribution is 2.35. The van der Waals surface area contributed by atoms with Crippen LogP contribution in [0.15, 0.2) is 0 Å². The van der Waals surface area contributed by atoms with Crippen molar-refractivity contribution in [3.8, 4) is 0 Å². The molecule has 2 nitrogen and oxygen atoms in total. The molecule has 2 radical (unpaired) electrons. The maximum absolute atomic E-state index is 8.97. The Morgan fingerprint density at radius 1 is 1.50 bits per heavy atom. The summed E-state index contributed by atoms with van der Waals surface area (Å²) in [6.07, 6.45) is -0.0626. The fraction of sp³-hybridized carbons (Fsp3) is 1.00. The topological polar surface area (TPSA) is 29.5 Å². The van der Waals surface area contributed by atoms with E-state index in [0.29, 0.717) is 17.8 Å². The molecule has 1 rings (SSSR count). The lowest BCUT2D eigenvalue weighted by Gasteiger charge is -2.22. The molecule has 1 N–H and O–H groups in total. The molecular formula is C9H17BO2. The predicted molar refractivity (Wildman–Crippen MR) is 49.0 cm³/mol. The van der Waals surface area contributed by atoms with Gasteiger partial charge < -0.3 is 9.84 Å². The van der Waals surface area contributed by atoms with Gasteiger partial charge in [0.25, 0.3) is 0 Å². The highest BCUT2D eigenvalue weighted by atomic mass is 16.5. The predicted octanol–water partition coefficient (Wildman–Crippen LogP) is 0.780. The molecule has 1 aliphatic rings. The van der Waals surface area contributed by atoms with Crippen molar-refractivity contribution in [1.29, 1.82) is 0 Å². The monoisotopic (exact) mass is 168 g/mol. The Balaban J connectivity index is 2.63. The van der Waals surface area contributed by atoms with Gasteiger partial charge in [-0.2, -0.15) is 0 Å². The highest BCUT2D eigenvalue weighted by molar-refractivity contribution is 6.11. The lowest BCUT2D eigenvalue weighted by molar-refractivity contribution is 0.0279. The molecular weight excluding hydrogens is 151 g/mol. The number of aliphatic hydroxyl groups excluding tert-OH is 1. The van der Waals surface area contributed by atoms with Gasteiger partial charge >= 0.3 is 0 Å². The fourth-order valence-corrected chi connectivity index (χ4v) is 2.16. The van der Waals surface area contributed by atoms with E-state index in [1.807, 2.05) is 0 Å². The third-order valence-electron chi connectivity index (χ3n) is 2.85. The van der Waals surface area contributed by atoms with Crippen molar-refractivity contribution in [3.63, 3.8) is 0 Å². The molecule has 0 spiro atoms. The number of ether oxygens (including phenoxy) is 1. The van der Waals surface area contributed by atoms with Gasteiger partial charge in [-0.25, -0.2) is 0 Å². The van der Waals surface area contributed by atoms with E-state index in [-0.39, 0.29) is 18.7 Å². The number of aliphatic hydroxyl groups is 1. The van der Waals surface area contributed by atoms with Crippen molar-refractivity contribution >= 4 is 7.85 Å². The smallest absolute Gasteiger partial charge is 0.109 e. The summed E-state index contributed by atoms with van der Waals surface area (Å²) in [5.74, 6) is 1.26. The summed E-state index contributed by atoms with van der Waals surface area (Å²) in [4.78, 5) is 0. The van der Waals surface area contributed by atoms with Gasteiger partial charge in [0.05, 0.1) is 12.7 Å². The van der Waals surface area contributed by atoms with Crippen molar-refractivity contribution in [3.05, 3.63) is 0 Å². The number of hydrogen-bond donors (Lipinski definition) is 1. The zero-order valence-electron chi connectivity index (χ0n) is 8.03. The Morgan fingerprint density at radius 2 is 2.08 bits per heavy atom. The van der Waals surface area contributed by atoms with Crippen LogP contribution in [0, 0.1) is 17.8 Å². The second kappa shape index (κ2) is 3.80. The summed E-state index contributed by atoms with van der Waals surface area (Å²) in [7, 11) is 5.80. The zero-order valence-corrected chi connectivity index (χ0v) is 8.03. The van der Waals surface area contributed by atoms with E-state index in [9.17, 15) is 0 Å². The molecule has 12 heavy (non-hydrogen) atoms. The molecule has 0 bridgehead atoms. The minimum Gasteiger partial charge on any atom is -0.394 e. The van der Waals surface area contributed by atoms with Gasteiger partial charge in [-0.1, -0.05) is 20.8 Å². The van der Waals surface area contributed by atoms with Crippen LogP contribution < -0.4 is 0 Å². The third kappa shape index (κ3) is 1.67. The van der Waals surface area contributed by atoms with Gasteiger partial charge in [0.1, 0.15) is 7.85 Å². The molecule has 0 unspecified atom stereocenters.